The highest BCUT2D eigenvalue weighted by atomic mass is 14.9. The molecule has 0 spiro atoms. The molecule has 4 aromatic carbocycles. The van der Waals surface area contributed by atoms with Crippen molar-refractivity contribution in [2.45, 2.75) is 41.5 Å². The van der Waals surface area contributed by atoms with Crippen molar-refractivity contribution in [3.8, 4) is 11.3 Å². The summed E-state index contributed by atoms with van der Waals surface area (Å²) < 4.78 is 2.26. The van der Waals surface area contributed by atoms with Crippen LogP contribution in [0.1, 0.15) is 33.4 Å². The first-order chi connectivity index (χ1) is 18.8. The number of benzene rings is 4. The minimum atomic E-state index is 0.188. The zero-order valence-electron chi connectivity index (χ0n) is 24.3. The maximum Gasteiger partial charge on any atom is 0.241 e. The zero-order valence-corrected chi connectivity index (χ0v) is 24.3. The maximum atomic E-state index is 2.44. The predicted octanol–water partition coefficient (Wildman–Crippen LogP) is 3.37. The minimum Gasteiger partial charge on any atom is -0.201 e. The number of hydrogen-bond acceptors (Lipinski definition) is 0. The molecule has 6 rings (SSSR count). The molecule has 0 unspecified atom stereocenters. The van der Waals surface area contributed by atoms with Crippen LogP contribution in [0.5, 0.6) is 0 Å². The molecule has 1 aliphatic rings. The monoisotopic (exact) mass is 504 g/mol. The van der Waals surface area contributed by atoms with Gasteiger partial charge in [0, 0.05) is 17.7 Å². The third-order valence-corrected chi connectivity index (χ3v) is 9.01. The highest BCUT2D eigenvalue weighted by Crippen LogP contribution is 2.21. The Hall–Kier alpha value is -3.84. The van der Waals surface area contributed by atoms with Gasteiger partial charge < -0.3 is 0 Å². The summed E-state index contributed by atoms with van der Waals surface area (Å²) in [5, 5.41) is 0. The number of aryl methyl sites for hydroxylation is 6. The van der Waals surface area contributed by atoms with Gasteiger partial charge in [-0.25, -0.2) is 4.57 Å². The summed E-state index contributed by atoms with van der Waals surface area (Å²) in [4.78, 5) is 0. The van der Waals surface area contributed by atoms with Gasteiger partial charge >= 0.3 is 0 Å². The number of nitrogens with zero attached hydrogens (tertiary/aromatic N) is 1. The highest BCUT2D eigenvalue weighted by Gasteiger charge is 2.41. The van der Waals surface area contributed by atoms with Crippen LogP contribution in [0.2, 0.25) is 0 Å². The van der Waals surface area contributed by atoms with Crippen LogP contribution >= 0.6 is 0 Å². The Balaban J connectivity index is 1.75. The summed E-state index contributed by atoms with van der Waals surface area (Å²) in [6.45, 7) is 14.0. The third-order valence-electron chi connectivity index (χ3n) is 9.01. The molecule has 0 N–H and O–H groups in total. The first kappa shape index (κ1) is 25.4. The quantitative estimate of drug-likeness (QED) is 0.257. The van der Waals surface area contributed by atoms with Crippen molar-refractivity contribution in [2.75, 3.05) is 0 Å². The molecular formula is C36H36B2N+. The summed E-state index contributed by atoms with van der Waals surface area (Å²) in [5.41, 5.74) is 19.3. The minimum absolute atomic E-state index is 0.188. The second-order valence-corrected chi connectivity index (χ2v) is 11.5. The average molecular weight is 504 g/mol. The van der Waals surface area contributed by atoms with Crippen molar-refractivity contribution in [3.63, 3.8) is 0 Å². The Morgan fingerprint density at radius 1 is 0.513 bits per heavy atom. The lowest BCUT2D eigenvalue weighted by molar-refractivity contribution is -0.660. The molecule has 1 aliphatic heterocycles. The fourth-order valence-corrected chi connectivity index (χ4v) is 7.14. The summed E-state index contributed by atoms with van der Waals surface area (Å²) in [7, 11) is 2.16. The molecule has 2 heterocycles. The summed E-state index contributed by atoms with van der Waals surface area (Å²) in [6, 6.07) is 32.0. The van der Waals surface area contributed by atoms with Gasteiger partial charge in [0.1, 0.15) is 7.05 Å². The normalized spacial score (nSPS) is 12.4. The fraction of sp³-hybridized carbons (Fsp3) is 0.194. The van der Waals surface area contributed by atoms with Crippen molar-refractivity contribution in [3.05, 3.63) is 125 Å². The molecule has 3 heteroatoms. The molecule has 0 radical (unpaired) electrons. The molecule has 190 valence electrons. The lowest BCUT2D eigenvalue weighted by atomic mass is 9.20. The molecule has 1 aromatic heterocycles. The van der Waals surface area contributed by atoms with E-state index in [1.807, 2.05) is 0 Å². The fourth-order valence-electron chi connectivity index (χ4n) is 7.14. The van der Waals surface area contributed by atoms with Gasteiger partial charge in [-0.15, -0.1) is 0 Å². The molecule has 0 saturated heterocycles. The summed E-state index contributed by atoms with van der Waals surface area (Å²) >= 11 is 0. The van der Waals surface area contributed by atoms with Crippen LogP contribution in [0.15, 0.2) is 91.1 Å². The SMILES string of the molecule is Cc1cc[n+](C)c(-c2ccc3c(c2C)B(c2c(C)cccc2C)c2ccccc2B3c2c(C)cccc2C)c1. The number of fused-ring (bicyclic) bond motifs is 2. The largest absolute Gasteiger partial charge is 0.241 e. The maximum absolute atomic E-state index is 2.44. The van der Waals surface area contributed by atoms with Gasteiger partial charge in [0.05, 0.1) is 0 Å². The predicted molar refractivity (Wildman–Crippen MR) is 170 cm³/mol. The van der Waals surface area contributed by atoms with E-state index in [2.05, 4.69) is 144 Å². The van der Waals surface area contributed by atoms with Crippen LogP contribution in [0, 0.1) is 41.5 Å². The van der Waals surface area contributed by atoms with Crippen LogP contribution in [-0.2, 0) is 7.05 Å². The first-order valence-electron chi connectivity index (χ1n) is 14.1. The molecule has 1 nitrogen and oxygen atoms in total. The topological polar surface area (TPSA) is 3.88 Å². The first-order valence-corrected chi connectivity index (χ1v) is 14.1. The second kappa shape index (κ2) is 9.72. The smallest absolute Gasteiger partial charge is 0.201 e. The van der Waals surface area contributed by atoms with E-state index in [0.29, 0.717) is 0 Å². The van der Waals surface area contributed by atoms with Crippen LogP contribution in [0.3, 0.4) is 0 Å². The molecular weight excluding hydrogens is 468 g/mol. The van der Waals surface area contributed by atoms with Gasteiger partial charge in [-0.3, -0.25) is 0 Å². The van der Waals surface area contributed by atoms with E-state index in [-0.39, 0.29) is 13.4 Å². The number of pyridine rings is 1. The average Bonchev–Trinajstić information content (AvgIpc) is 2.91. The van der Waals surface area contributed by atoms with Gasteiger partial charge in [-0.1, -0.05) is 122 Å². The van der Waals surface area contributed by atoms with E-state index in [9.17, 15) is 0 Å². The van der Waals surface area contributed by atoms with E-state index < -0.39 is 0 Å². The van der Waals surface area contributed by atoms with Gasteiger partial charge in [-0.05, 0) is 58.7 Å². The van der Waals surface area contributed by atoms with E-state index in [0.717, 1.165) is 0 Å². The summed E-state index contributed by atoms with van der Waals surface area (Å²) in [5.74, 6) is 0. The van der Waals surface area contributed by atoms with Gasteiger partial charge in [0.15, 0.2) is 6.20 Å². The zero-order chi connectivity index (χ0) is 27.4. The lowest BCUT2D eigenvalue weighted by Gasteiger charge is -2.36. The molecule has 0 amide bonds. The van der Waals surface area contributed by atoms with Crippen molar-refractivity contribution in [1.29, 1.82) is 0 Å². The molecule has 0 aliphatic carbocycles. The lowest BCUT2D eigenvalue weighted by Crippen LogP contribution is -2.76. The van der Waals surface area contributed by atoms with Crippen molar-refractivity contribution >= 4 is 46.2 Å². The van der Waals surface area contributed by atoms with Crippen molar-refractivity contribution < 1.29 is 4.57 Å². The van der Waals surface area contributed by atoms with Crippen LogP contribution in [-0.4, -0.2) is 13.4 Å². The van der Waals surface area contributed by atoms with E-state index >= 15 is 0 Å². The Morgan fingerprint density at radius 2 is 1.05 bits per heavy atom. The summed E-state index contributed by atoms with van der Waals surface area (Å²) in [6.07, 6.45) is 2.18. The van der Waals surface area contributed by atoms with Gasteiger partial charge in [-0.2, -0.15) is 0 Å². The van der Waals surface area contributed by atoms with Crippen molar-refractivity contribution in [2.24, 2.45) is 7.05 Å². The Morgan fingerprint density at radius 3 is 1.64 bits per heavy atom. The van der Waals surface area contributed by atoms with Crippen LogP contribution < -0.4 is 37.3 Å². The van der Waals surface area contributed by atoms with Crippen LogP contribution in [0.25, 0.3) is 11.3 Å². The molecule has 0 saturated carbocycles. The van der Waals surface area contributed by atoms with E-state index in [1.54, 1.807) is 0 Å². The Labute approximate surface area is 234 Å². The highest BCUT2D eigenvalue weighted by molar-refractivity contribution is 7.11. The van der Waals surface area contributed by atoms with Gasteiger partial charge in [0.2, 0.25) is 19.1 Å². The Kier molecular flexibility index (Phi) is 6.34. The number of rotatable bonds is 3. The van der Waals surface area contributed by atoms with E-state index in [1.165, 1.54) is 77.4 Å². The Bertz CT molecular complexity index is 1710. The molecule has 0 fully saturated rings. The van der Waals surface area contributed by atoms with Crippen LogP contribution in [0.4, 0.5) is 0 Å². The van der Waals surface area contributed by atoms with Gasteiger partial charge in [0.25, 0.3) is 0 Å². The standard InChI is InChI=1S/C36H36B2N/c1-23-20-21-39(7)33(22-23)29-18-19-32-36(28(29)6)38(35-26(4)14-11-15-27(35)5)31-17-9-8-16-30(31)37(32)34-24(2)12-10-13-25(34)3/h8-22H,1-7H3/q+1. The number of aromatic nitrogens is 1. The molecule has 5 aromatic rings. The molecule has 0 bridgehead atoms. The van der Waals surface area contributed by atoms with E-state index in [4.69, 9.17) is 0 Å². The number of hydrogen-bond donors (Lipinski definition) is 0. The van der Waals surface area contributed by atoms with Crippen molar-refractivity contribution in [1.82, 2.24) is 0 Å². The molecule has 39 heavy (non-hydrogen) atoms. The second-order valence-electron chi connectivity index (χ2n) is 11.5. The third kappa shape index (κ3) is 4.07. The molecule has 0 atom stereocenters.